The Kier molecular flexibility index (Phi) is 7.89. The van der Waals surface area contributed by atoms with Crippen LogP contribution in [-0.4, -0.2) is 65.5 Å². The summed E-state index contributed by atoms with van der Waals surface area (Å²) in [6, 6.07) is 9.08. The zero-order chi connectivity index (χ0) is 28.6. The van der Waals surface area contributed by atoms with Crippen molar-refractivity contribution < 1.29 is 9.47 Å². The van der Waals surface area contributed by atoms with Crippen LogP contribution in [0.25, 0.3) is 0 Å². The van der Waals surface area contributed by atoms with Crippen molar-refractivity contribution in [3.63, 3.8) is 0 Å². The number of pyridine rings is 2. The topological polar surface area (TPSA) is 124 Å². The minimum atomic E-state index is -0.474. The second kappa shape index (κ2) is 11.2. The third kappa shape index (κ3) is 5.32. The van der Waals surface area contributed by atoms with E-state index in [-0.39, 0.29) is 11.3 Å². The average Bonchev–Trinajstić information content (AvgIpc) is 2.94. The molecule has 2 aliphatic rings. The lowest BCUT2D eigenvalue weighted by atomic mass is 9.89. The van der Waals surface area contributed by atoms with Gasteiger partial charge in [-0.25, -0.2) is 4.98 Å². The number of benzene rings is 1. The summed E-state index contributed by atoms with van der Waals surface area (Å²) in [7, 11) is 0. The van der Waals surface area contributed by atoms with Gasteiger partial charge in [0.05, 0.1) is 45.8 Å². The largest absolute Gasteiger partial charge is 0.486 e. The average molecular weight is 581 g/mol. The van der Waals surface area contributed by atoms with E-state index in [1.807, 2.05) is 6.92 Å². The van der Waals surface area contributed by atoms with Gasteiger partial charge >= 0.3 is 0 Å². The van der Waals surface area contributed by atoms with Crippen molar-refractivity contribution in [1.29, 1.82) is 10.7 Å². The Hall–Kier alpha value is -3.42. The van der Waals surface area contributed by atoms with Gasteiger partial charge in [-0.3, -0.25) is 15.3 Å². The van der Waals surface area contributed by atoms with Crippen LogP contribution in [0.3, 0.4) is 0 Å². The first-order valence-electron chi connectivity index (χ1n) is 13.0. The summed E-state index contributed by atoms with van der Waals surface area (Å²) < 4.78 is 11.6. The number of nitrogens with zero attached hydrogens (tertiary/aromatic N) is 5. The number of ether oxygens (including phenoxy) is 2. The second-order valence-corrected chi connectivity index (χ2v) is 11.2. The van der Waals surface area contributed by atoms with Crippen LogP contribution >= 0.6 is 23.2 Å². The highest BCUT2D eigenvalue weighted by Gasteiger charge is 2.45. The highest BCUT2D eigenvalue weighted by molar-refractivity contribution is 6.36. The van der Waals surface area contributed by atoms with E-state index >= 15 is 0 Å². The Morgan fingerprint density at radius 3 is 2.62 bits per heavy atom. The van der Waals surface area contributed by atoms with Crippen LogP contribution in [-0.2, 0) is 4.74 Å². The maximum Gasteiger partial charge on any atom is 0.146 e. The summed E-state index contributed by atoms with van der Waals surface area (Å²) >= 11 is 12.8. The Morgan fingerprint density at radius 2 is 1.93 bits per heavy atom. The number of hydrogen-bond acceptors (Lipinski definition) is 9. The van der Waals surface area contributed by atoms with E-state index in [2.05, 4.69) is 32.8 Å². The first-order chi connectivity index (χ1) is 19.1. The molecular formula is C29H31Cl2N7O2. The fraction of sp³-hybridized carbons (Fsp3) is 0.379. The van der Waals surface area contributed by atoms with Gasteiger partial charge in [0.15, 0.2) is 0 Å². The molecule has 1 atom stereocenters. The van der Waals surface area contributed by atoms with E-state index in [0.29, 0.717) is 55.2 Å². The van der Waals surface area contributed by atoms with Crippen LogP contribution in [0.5, 0.6) is 5.75 Å². The second-order valence-electron chi connectivity index (χ2n) is 10.5. The van der Waals surface area contributed by atoms with Gasteiger partial charge in [0, 0.05) is 61.0 Å². The third-order valence-electron chi connectivity index (χ3n) is 7.61. The number of hydrogen-bond donors (Lipinski definition) is 2. The molecule has 9 nitrogen and oxygen atoms in total. The Bertz CT molecular complexity index is 1490. The number of aryl methyl sites for hydroxylation is 1. The summed E-state index contributed by atoms with van der Waals surface area (Å²) in [4.78, 5) is 13.3. The van der Waals surface area contributed by atoms with Gasteiger partial charge < -0.3 is 20.1 Å². The molecule has 0 aliphatic carbocycles. The molecule has 40 heavy (non-hydrogen) atoms. The molecule has 5 rings (SSSR count). The predicted molar refractivity (Wildman–Crippen MR) is 157 cm³/mol. The maximum absolute atomic E-state index is 9.93. The highest BCUT2D eigenvalue weighted by Crippen LogP contribution is 2.36. The van der Waals surface area contributed by atoms with Crippen molar-refractivity contribution in [2.75, 3.05) is 50.0 Å². The molecule has 0 unspecified atom stereocenters. The van der Waals surface area contributed by atoms with Crippen molar-refractivity contribution >= 4 is 40.4 Å². The molecule has 1 aromatic carbocycles. The van der Waals surface area contributed by atoms with Crippen molar-refractivity contribution in [2.24, 2.45) is 0 Å². The molecule has 0 saturated carbocycles. The SMILES string of the molecule is Cc1ncc(Cl)c([C@@H](C)Oc2ccc(N)c(C(=N)c3cnc(N4CC(C)(N5CCOCC5)C4)c(C#N)c3)c2)c1Cl. The molecule has 2 aromatic heterocycles. The van der Waals surface area contributed by atoms with Crippen molar-refractivity contribution in [2.45, 2.75) is 32.4 Å². The molecule has 4 heterocycles. The number of morpholine rings is 1. The number of aromatic nitrogens is 2. The van der Waals surface area contributed by atoms with Crippen LogP contribution in [0.15, 0.2) is 36.7 Å². The molecule has 2 saturated heterocycles. The summed E-state index contributed by atoms with van der Waals surface area (Å²) in [5.74, 6) is 1.13. The van der Waals surface area contributed by atoms with Crippen molar-refractivity contribution in [3.05, 3.63) is 74.7 Å². The summed E-state index contributed by atoms with van der Waals surface area (Å²) in [6.07, 6.45) is 2.70. The molecule has 3 N–H and O–H groups in total. The van der Waals surface area contributed by atoms with Gasteiger partial charge in [-0.2, -0.15) is 5.26 Å². The van der Waals surface area contributed by atoms with Crippen molar-refractivity contribution in [1.82, 2.24) is 14.9 Å². The molecule has 2 fully saturated rings. The number of halogens is 2. The summed E-state index contributed by atoms with van der Waals surface area (Å²) in [5.41, 5.74) is 9.51. The van der Waals surface area contributed by atoms with E-state index in [9.17, 15) is 5.26 Å². The molecular weight excluding hydrogens is 549 g/mol. The minimum Gasteiger partial charge on any atom is -0.486 e. The molecule has 0 bridgehead atoms. The molecule has 2 aliphatic heterocycles. The highest BCUT2D eigenvalue weighted by atomic mass is 35.5. The standard InChI is InChI=1S/C29H31Cl2N7O2/c1-17-26(31)25(23(30)14-35-17)18(2)40-21-4-5-24(33)22(11-21)27(34)20-10-19(12-32)28(36-13-20)37-15-29(3,16-37)38-6-8-39-9-7-38/h4-5,10-11,13-14,18,34H,6-9,15-16,33H2,1-3H3/t18-/m1/s1. The summed E-state index contributed by atoms with van der Waals surface area (Å²) in [6.45, 7) is 10.7. The Morgan fingerprint density at radius 1 is 1.20 bits per heavy atom. The van der Waals surface area contributed by atoms with Crippen LogP contribution in [0.2, 0.25) is 10.0 Å². The Labute approximate surface area is 243 Å². The summed E-state index contributed by atoms with van der Waals surface area (Å²) in [5, 5.41) is 19.7. The monoisotopic (exact) mass is 579 g/mol. The fourth-order valence-electron chi connectivity index (χ4n) is 5.35. The van der Waals surface area contributed by atoms with Crippen LogP contribution in [0.1, 0.15) is 47.9 Å². The zero-order valence-corrected chi connectivity index (χ0v) is 24.2. The molecule has 0 radical (unpaired) electrons. The normalized spacial score (nSPS) is 17.6. The number of nitriles is 1. The number of nitrogens with two attached hydrogens (primary N) is 1. The van der Waals surface area contributed by atoms with E-state index in [1.54, 1.807) is 43.6 Å². The fourth-order valence-corrected chi connectivity index (χ4v) is 6.00. The van der Waals surface area contributed by atoms with Crippen molar-refractivity contribution in [3.8, 4) is 11.8 Å². The smallest absolute Gasteiger partial charge is 0.146 e. The van der Waals surface area contributed by atoms with Gasteiger partial charge in [0.2, 0.25) is 0 Å². The van der Waals surface area contributed by atoms with E-state index in [1.165, 1.54) is 0 Å². The van der Waals surface area contributed by atoms with Gasteiger partial charge in [-0.05, 0) is 45.0 Å². The van der Waals surface area contributed by atoms with E-state index in [4.69, 9.17) is 43.8 Å². The quantitative estimate of drug-likeness (QED) is 0.295. The van der Waals surface area contributed by atoms with Gasteiger partial charge in [0.25, 0.3) is 0 Å². The number of rotatable bonds is 7. The molecule has 11 heteroatoms. The van der Waals surface area contributed by atoms with Gasteiger partial charge in [0.1, 0.15) is 23.7 Å². The number of nitrogen functional groups attached to an aromatic ring is 1. The minimum absolute atomic E-state index is 0.0268. The van der Waals surface area contributed by atoms with Gasteiger partial charge in [-0.1, -0.05) is 23.2 Å². The van der Waals surface area contributed by atoms with E-state index < -0.39 is 6.10 Å². The van der Waals surface area contributed by atoms with Crippen LogP contribution < -0.4 is 15.4 Å². The lowest BCUT2D eigenvalue weighted by molar-refractivity contribution is -0.0266. The zero-order valence-electron chi connectivity index (χ0n) is 22.7. The lowest BCUT2D eigenvalue weighted by Crippen LogP contribution is -2.70. The molecule has 3 aromatic rings. The lowest BCUT2D eigenvalue weighted by Gasteiger charge is -2.55. The molecule has 0 spiro atoms. The first kappa shape index (κ1) is 28.1. The molecule has 0 amide bonds. The number of anilines is 2. The van der Waals surface area contributed by atoms with Crippen LogP contribution in [0.4, 0.5) is 11.5 Å². The van der Waals surface area contributed by atoms with Gasteiger partial charge in [-0.15, -0.1) is 0 Å². The molecule has 208 valence electrons. The van der Waals surface area contributed by atoms with Crippen LogP contribution in [0, 0.1) is 23.7 Å². The van der Waals surface area contributed by atoms with E-state index in [0.717, 1.165) is 39.4 Å². The maximum atomic E-state index is 9.93. The predicted octanol–water partition coefficient (Wildman–Crippen LogP) is 5.01. The number of nitrogens with one attached hydrogen (secondary N) is 1. The Balaban J connectivity index is 1.34. The first-order valence-corrected chi connectivity index (χ1v) is 13.8. The third-order valence-corrected chi connectivity index (χ3v) is 8.39.